The first kappa shape index (κ1) is 14.0. The molecule has 1 rings (SSSR count). The molecular weight excluding hydrogens is 240 g/mol. The average Bonchev–Trinajstić information content (AvgIpc) is 2.24. The highest BCUT2D eigenvalue weighted by Crippen LogP contribution is 2.27. The van der Waals surface area contributed by atoms with E-state index in [-0.39, 0.29) is 17.7 Å². The van der Waals surface area contributed by atoms with Crippen molar-refractivity contribution in [1.82, 2.24) is 9.97 Å². The predicted molar refractivity (Wildman–Crippen MR) is 70.3 cm³/mol. The van der Waals surface area contributed by atoms with Gasteiger partial charge in [0.15, 0.2) is 11.0 Å². The summed E-state index contributed by atoms with van der Waals surface area (Å²) in [5.41, 5.74) is 5.60. The lowest BCUT2D eigenvalue weighted by Crippen LogP contribution is -2.35. The number of aliphatic hydroxyl groups is 1. The third-order valence-corrected chi connectivity index (χ3v) is 2.57. The van der Waals surface area contributed by atoms with Crippen LogP contribution in [0.1, 0.15) is 39.4 Å². The molecule has 0 radical (unpaired) electrons. The molecule has 0 bridgehead atoms. The number of aromatic nitrogens is 2. The van der Waals surface area contributed by atoms with Crippen LogP contribution in [0.2, 0.25) is 5.15 Å². The molecule has 0 saturated heterocycles. The fourth-order valence-corrected chi connectivity index (χ4v) is 1.35. The second kappa shape index (κ2) is 5.06. The van der Waals surface area contributed by atoms with E-state index in [4.69, 9.17) is 17.3 Å². The second-order valence-electron chi connectivity index (χ2n) is 4.96. The highest BCUT2D eigenvalue weighted by Gasteiger charge is 2.20. The number of nitrogens with zero attached hydrogens (tertiary/aromatic N) is 2. The molecule has 0 unspecified atom stereocenters. The van der Waals surface area contributed by atoms with E-state index in [1.807, 2.05) is 27.7 Å². The summed E-state index contributed by atoms with van der Waals surface area (Å²) in [5, 5.41) is 12.5. The third-order valence-electron chi connectivity index (χ3n) is 2.28. The maximum atomic E-state index is 9.21. The lowest BCUT2D eigenvalue weighted by Gasteiger charge is -2.25. The minimum Gasteiger partial charge on any atom is -0.394 e. The van der Waals surface area contributed by atoms with E-state index in [0.29, 0.717) is 17.3 Å². The van der Waals surface area contributed by atoms with Crippen LogP contribution in [0, 0.1) is 0 Å². The fraction of sp³-hybridized carbons (Fsp3) is 0.636. The molecule has 0 fully saturated rings. The molecule has 96 valence electrons. The number of nitrogens with one attached hydrogen (secondary N) is 1. The minimum atomic E-state index is -0.514. The summed E-state index contributed by atoms with van der Waals surface area (Å²) in [7, 11) is 0. The Kier molecular flexibility index (Phi) is 4.16. The Labute approximate surface area is 106 Å². The van der Waals surface area contributed by atoms with Crippen molar-refractivity contribution in [2.24, 2.45) is 0 Å². The van der Waals surface area contributed by atoms with E-state index in [9.17, 15) is 5.11 Å². The molecule has 1 aromatic rings. The van der Waals surface area contributed by atoms with Gasteiger partial charge in [0.2, 0.25) is 0 Å². The summed E-state index contributed by atoms with van der Waals surface area (Å²) >= 11 is 5.96. The molecular formula is C11H19ClN4O. The first-order chi connectivity index (χ1) is 7.76. The van der Waals surface area contributed by atoms with Gasteiger partial charge in [0.25, 0.3) is 0 Å². The Bertz CT molecular complexity index is 407. The zero-order valence-electron chi connectivity index (χ0n) is 10.6. The Morgan fingerprint density at radius 2 is 2.00 bits per heavy atom. The van der Waals surface area contributed by atoms with Crippen LogP contribution in [0.3, 0.4) is 0 Å². The van der Waals surface area contributed by atoms with E-state index in [1.54, 1.807) is 0 Å². The lowest BCUT2D eigenvalue weighted by atomic mass is 10.1. The molecule has 0 amide bonds. The van der Waals surface area contributed by atoms with Crippen LogP contribution in [0.25, 0.3) is 0 Å². The number of hydrogen-bond donors (Lipinski definition) is 3. The predicted octanol–water partition coefficient (Wildman–Crippen LogP) is 2.02. The Morgan fingerprint density at radius 1 is 1.41 bits per heavy atom. The standard InChI is InChI=1S/C11H19ClN4O/c1-6(2)9-14-8(12)7(13)10(15-9)16-11(3,4)5-17/h6,17H,5,13H2,1-4H3,(H,14,15,16). The second-order valence-corrected chi connectivity index (χ2v) is 5.31. The number of hydrogen-bond acceptors (Lipinski definition) is 5. The largest absolute Gasteiger partial charge is 0.394 e. The molecule has 0 aliphatic carbocycles. The maximum absolute atomic E-state index is 9.21. The van der Waals surface area contributed by atoms with E-state index >= 15 is 0 Å². The number of anilines is 2. The van der Waals surface area contributed by atoms with Gasteiger partial charge in [-0.25, -0.2) is 9.97 Å². The normalized spacial score (nSPS) is 11.9. The van der Waals surface area contributed by atoms with Crippen LogP contribution in [0.5, 0.6) is 0 Å². The van der Waals surface area contributed by atoms with Gasteiger partial charge in [0.1, 0.15) is 11.5 Å². The molecule has 4 N–H and O–H groups in total. The molecule has 0 atom stereocenters. The smallest absolute Gasteiger partial charge is 0.157 e. The molecule has 5 nitrogen and oxygen atoms in total. The van der Waals surface area contributed by atoms with Gasteiger partial charge in [-0.1, -0.05) is 25.4 Å². The quantitative estimate of drug-likeness (QED) is 0.720. The zero-order chi connectivity index (χ0) is 13.2. The molecule has 0 aromatic carbocycles. The van der Waals surface area contributed by atoms with Gasteiger partial charge in [-0.2, -0.15) is 0 Å². The molecule has 0 spiro atoms. The van der Waals surface area contributed by atoms with Crippen LogP contribution in [-0.2, 0) is 0 Å². The lowest BCUT2D eigenvalue weighted by molar-refractivity contribution is 0.234. The summed E-state index contributed by atoms with van der Waals surface area (Å²) in [4.78, 5) is 8.44. The van der Waals surface area contributed by atoms with Crippen molar-refractivity contribution in [2.45, 2.75) is 39.2 Å². The topological polar surface area (TPSA) is 84.1 Å². The van der Waals surface area contributed by atoms with Gasteiger partial charge in [-0.3, -0.25) is 0 Å². The van der Waals surface area contributed by atoms with Crippen LogP contribution in [-0.4, -0.2) is 27.2 Å². The van der Waals surface area contributed by atoms with Crippen molar-refractivity contribution in [2.75, 3.05) is 17.7 Å². The Morgan fingerprint density at radius 3 is 2.47 bits per heavy atom. The molecule has 17 heavy (non-hydrogen) atoms. The first-order valence-corrected chi connectivity index (χ1v) is 5.86. The number of rotatable bonds is 4. The third kappa shape index (κ3) is 3.44. The summed E-state index contributed by atoms with van der Waals surface area (Å²) in [6.45, 7) is 7.60. The summed E-state index contributed by atoms with van der Waals surface area (Å²) in [6, 6.07) is 0. The Hall–Kier alpha value is -1.07. The monoisotopic (exact) mass is 258 g/mol. The maximum Gasteiger partial charge on any atom is 0.157 e. The van der Waals surface area contributed by atoms with Crippen molar-refractivity contribution in [3.8, 4) is 0 Å². The summed E-state index contributed by atoms with van der Waals surface area (Å²) < 4.78 is 0. The van der Waals surface area contributed by atoms with Crippen LogP contribution in [0.4, 0.5) is 11.5 Å². The molecule has 0 aliphatic rings. The fourth-order valence-electron chi connectivity index (χ4n) is 1.17. The van der Waals surface area contributed by atoms with E-state index in [1.165, 1.54) is 0 Å². The molecule has 1 heterocycles. The summed E-state index contributed by atoms with van der Waals surface area (Å²) in [5.74, 6) is 1.25. The molecule has 0 saturated carbocycles. The van der Waals surface area contributed by atoms with Crippen LogP contribution in [0.15, 0.2) is 0 Å². The molecule has 1 aromatic heterocycles. The average molecular weight is 259 g/mol. The number of aliphatic hydroxyl groups excluding tert-OH is 1. The van der Waals surface area contributed by atoms with Crippen molar-refractivity contribution in [3.63, 3.8) is 0 Å². The van der Waals surface area contributed by atoms with E-state index in [0.717, 1.165) is 0 Å². The van der Waals surface area contributed by atoms with Gasteiger partial charge in [0.05, 0.1) is 12.1 Å². The van der Waals surface area contributed by atoms with Gasteiger partial charge in [-0.15, -0.1) is 0 Å². The zero-order valence-corrected chi connectivity index (χ0v) is 11.3. The number of halogens is 1. The molecule has 0 aliphatic heterocycles. The van der Waals surface area contributed by atoms with E-state index in [2.05, 4.69) is 15.3 Å². The van der Waals surface area contributed by atoms with Gasteiger partial charge >= 0.3 is 0 Å². The minimum absolute atomic E-state index is 0.0366. The van der Waals surface area contributed by atoms with Crippen LogP contribution < -0.4 is 11.1 Å². The van der Waals surface area contributed by atoms with Gasteiger partial charge in [0, 0.05) is 5.92 Å². The number of nitrogen functional groups attached to an aromatic ring is 1. The van der Waals surface area contributed by atoms with Crippen molar-refractivity contribution in [1.29, 1.82) is 0 Å². The highest BCUT2D eigenvalue weighted by atomic mass is 35.5. The van der Waals surface area contributed by atoms with Gasteiger partial charge in [-0.05, 0) is 13.8 Å². The SMILES string of the molecule is CC(C)c1nc(Cl)c(N)c(NC(C)(C)CO)n1. The van der Waals surface area contributed by atoms with Crippen molar-refractivity contribution >= 4 is 23.1 Å². The first-order valence-electron chi connectivity index (χ1n) is 5.49. The molecule has 6 heteroatoms. The van der Waals surface area contributed by atoms with Crippen molar-refractivity contribution < 1.29 is 5.11 Å². The summed E-state index contributed by atoms with van der Waals surface area (Å²) in [6.07, 6.45) is 0. The van der Waals surface area contributed by atoms with Crippen LogP contribution >= 0.6 is 11.6 Å². The van der Waals surface area contributed by atoms with E-state index < -0.39 is 5.54 Å². The highest BCUT2D eigenvalue weighted by molar-refractivity contribution is 6.32. The Balaban J connectivity index is 3.14. The number of nitrogens with two attached hydrogens (primary N) is 1. The van der Waals surface area contributed by atoms with Crippen molar-refractivity contribution in [3.05, 3.63) is 11.0 Å². The van der Waals surface area contributed by atoms with Gasteiger partial charge < -0.3 is 16.2 Å².